The largest absolute Gasteiger partial charge is 0.497 e. The molecule has 1 aromatic carbocycles. The van der Waals surface area contributed by atoms with E-state index in [1.165, 1.54) is 7.11 Å². The number of nitrogens with two attached hydrogens (primary N) is 1. The van der Waals surface area contributed by atoms with Crippen molar-refractivity contribution in [1.82, 2.24) is 5.32 Å². The summed E-state index contributed by atoms with van der Waals surface area (Å²) in [4.78, 5) is 12.4. The molecule has 6 heteroatoms. The van der Waals surface area contributed by atoms with Crippen LogP contribution in [0.2, 0.25) is 0 Å². The Morgan fingerprint density at radius 3 is 2.38 bits per heavy atom. The highest BCUT2D eigenvalue weighted by Crippen LogP contribution is 2.25. The molecule has 0 heterocycles. The lowest BCUT2D eigenvalue weighted by molar-refractivity contribution is 0.0880. The summed E-state index contributed by atoms with van der Waals surface area (Å²) in [6.07, 6.45) is 0. The van der Waals surface area contributed by atoms with Gasteiger partial charge in [0, 0.05) is 12.6 Å². The first kappa shape index (κ1) is 19.5. The van der Waals surface area contributed by atoms with Gasteiger partial charge in [-0.15, -0.1) is 12.4 Å². The Morgan fingerprint density at radius 1 is 1.33 bits per heavy atom. The smallest absolute Gasteiger partial charge is 0.255 e. The fourth-order valence-electron chi connectivity index (χ4n) is 1.74. The number of carbonyl (C=O) groups excluding carboxylic acids is 1. The van der Waals surface area contributed by atoms with Gasteiger partial charge in [-0.1, -0.05) is 13.8 Å². The van der Waals surface area contributed by atoms with Crippen LogP contribution in [0.1, 0.15) is 31.1 Å². The standard InChI is InChI=1S/C15H24N2O3.ClH/c1-10(2)15(3,9-16)17-14(18)12-7-6-11(19-4)8-13(12)20-5;/h6-8,10H,9,16H2,1-5H3,(H,17,18);1H. The maximum absolute atomic E-state index is 12.4. The zero-order valence-electron chi connectivity index (χ0n) is 13.2. The molecule has 0 radical (unpaired) electrons. The lowest BCUT2D eigenvalue weighted by atomic mass is 9.88. The Hall–Kier alpha value is -1.46. The number of methoxy groups -OCH3 is 2. The molecule has 0 fully saturated rings. The maximum atomic E-state index is 12.4. The van der Waals surface area contributed by atoms with E-state index < -0.39 is 5.54 Å². The summed E-state index contributed by atoms with van der Waals surface area (Å²) in [5.41, 5.74) is 5.79. The molecule has 21 heavy (non-hydrogen) atoms. The summed E-state index contributed by atoms with van der Waals surface area (Å²) < 4.78 is 10.4. The minimum Gasteiger partial charge on any atom is -0.497 e. The second-order valence-corrected chi connectivity index (χ2v) is 5.30. The van der Waals surface area contributed by atoms with Crippen molar-refractivity contribution >= 4 is 18.3 Å². The third-order valence-corrected chi connectivity index (χ3v) is 3.75. The molecule has 120 valence electrons. The van der Waals surface area contributed by atoms with E-state index in [0.717, 1.165) is 0 Å². The molecule has 1 rings (SSSR count). The van der Waals surface area contributed by atoms with Crippen molar-refractivity contribution in [2.45, 2.75) is 26.3 Å². The molecule has 0 aromatic heterocycles. The van der Waals surface area contributed by atoms with Gasteiger partial charge in [0.05, 0.1) is 25.3 Å². The SMILES string of the molecule is COc1ccc(C(=O)NC(C)(CN)C(C)C)c(OC)c1.Cl. The van der Waals surface area contributed by atoms with Crippen molar-refractivity contribution in [3.8, 4) is 11.5 Å². The molecule has 0 bridgehead atoms. The lowest BCUT2D eigenvalue weighted by Crippen LogP contribution is -2.55. The Kier molecular flexibility index (Phi) is 7.53. The predicted octanol–water partition coefficient (Wildman–Crippen LogP) is 2.23. The molecular formula is C15H25ClN2O3. The zero-order chi connectivity index (χ0) is 15.3. The lowest BCUT2D eigenvalue weighted by Gasteiger charge is -2.33. The van der Waals surface area contributed by atoms with Crippen LogP contribution in [0.15, 0.2) is 18.2 Å². The molecule has 1 amide bonds. The van der Waals surface area contributed by atoms with Gasteiger partial charge in [-0.25, -0.2) is 0 Å². The van der Waals surface area contributed by atoms with Gasteiger partial charge in [-0.05, 0) is 25.0 Å². The van der Waals surface area contributed by atoms with Crippen LogP contribution >= 0.6 is 12.4 Å². The number of benzene rings is 1. The molecule has 0 aliphatic rings. The van der Waals surface area contributed by atoms with Crippen LogP contribution in [0.25, 0.3) is 0 Å². The van der Waals surface area contributed by atoms with Crippen LogP contribution in [0.5, 0.6) is 11.5 Å². The fourth-order valence-corrected chi connectivity index (χ4v) is 1.74. The van der Waals surface area contributed by atoms with Gasteiger partial charge in [0.15, 0.2) is 0 Å². The van der Waals surface area contributed by atoms with E-state index in [4.69, 9.17) is 15.2 Å². The van der Waals surface area contributed by atoms with Crippen molar-refractivity contribution in [2.24, 2.45) is 11.7 Å². The zero-order valence-corrected chi connectivity index (χ0v) is 14.0. The molecule has 0 aliphatic heterocycles. The number of hydrogen-bond acceptors (Lipinski definition) is 4. The minimum atomic E-state index is -0.456. The molecule has 0 saturated carbocycles. The minimum absolute atomic E-state index is 0. The van der Waals surface area contributed by atoms with Crippen molar-refractivity contribution in [3.63, 3.8) is 0 Å². The average molecular weight is 317 g/mol. The first-order valence-electron chi connectivity index (χ1n) is 6.62. The highest BCUT2D eigenvalue weighted by molar-refractivity contribution is 5.97. The van der Waals surface area contributed by atoms with E-state index in [0.29, 0.717) is 23.6 Å². The number of nitrogens with one attached hydrogen (secondary N) is 1. The summed E-state index contributed by atoms with van der Waals surface area (Å²) in [5, 5.41) is 2.99. The molecular weight excluding hydrogens is 292 g/mol. The number of amides is 1. The second-order valence-electron chi connectivity index (χ2n) is 5.30. The van der Waals surface area contributed by atoms with Crippen LogP contribution in [-0.2, 0) is 0 Å². The van der Waals surface area contributed by atoms with Crippen molar-refractivity contribution in [1.29, 1.82) is 0 Å². The summed E-state index contributed by atoms with van der Waals surface area (Å²) in [5.74, 6) is 1.14. The molecule has 3 N–H and O–H groups in total. The number of rotatable bonds is 6. The summed E-state index contributed by atoms with van der Waals surface area (Å²) in [6.45, 7) is 6.36. The van der Waals surface area contributed by atoms with E-state index in [2.05, 4.69) is 5.32 Å². The monoisotopic (exact) mass is 316 g/mol. The first-order valence-corrected chi connectivity index (χ1v) is 6.62. The molecule has 0 saturated heterocycles. The quantitative estimate of drug-likeness (QED) is 0.844. The molecule has 0 spiro atoms. The highest BCUT2D eigenvalue weighted by atomic mass is 35.5. The van der Waals surface area contributed by atoms with Crippen LogP contribution < -0.4 is 20.5 Å². The number of halogens is 1. The van der Waals surface area contributed by atoms with Crippen LogP contribution in [0.3, 0.4) is 0 Å². The molecule has 1 unspecified atom stereocenters. The summed E-state index contributed by atoms with van der Waals surface area (Å²) >= 11 is 0. The number of hydrogen-bond donors (Lipinski definition) is 2. The van der Waals surface area contributed by atoms with Crippen molar-refractivity contribution < 1.29 is 14.3 Å². The van der Waals surface area contributed by atoms with E-state index >= 15 is 0 Å². The van der Waals surface area contributed by atoms with Crippen LogP contribution in [0.4, 0.5) is 0 Å². The fraction of sp³-hybridized carbons (Fsp3) is 0.533. The Balaban J connectivity index is 0.00000400. The third kappa shape index (κ3) is 4.51. The van der Waals surface area contributed by atoms with Gasteiger partial charge < -0.3 is 20.5 Å². The van der Waals surface area contributed by atoms with E-state index in [-0.39, 0.29) is 24.2 Å². The Bertz CT molecular complexity index is 480. The van der Waals surface area contributed by atoms with E-state index in [1.54, 1.807) is 25.3 Å². The van der Waals surface area contributed by atoms with Crippen LogP contribution in [0, 0.1) is 5.92 Å². The normalized spacial score (nSPS) is 13.1. The molecule has 5 nitrogen and oxygen atoms in total. The number of carbonyl (C=O) groups is 1. The Morgan fingerprint density at radius 2 is 1.95 bits per heavy atom. The average Bonchev–Trinajstić information content (AvgIpc) is 2.45. The van der Waals surface area contributed by atoms with Crippen LogP contribution in [-0.4, -0.2) is 32.2 Å². The second kappa shape index (κ2) is 8.10. The third-order valence-electron chi connectivity index (χ3n) is 3.75. The number of ether oxygens (including phenoxy) is 2. The Labute approximate surface area is 132 Å². The van der Waals surface area contributed by atoms with Gasteiger partial charge >= 0.3 is 0 Å². The van der Waals surface area contributed by atoms with E-state index in [9.17, 15) is 4.79 Å². The van der Waals surface area contributed by atoms with Crippen molar-refractivity contribution in [2.75, 3.05) is 20.8 Å². The van der Waals surface area contributed by atoms with Gasteiger partial charge in [-0.2, -0.15) is 0 Å². The van der Waals surface area contributed by atoms with E-state index in [1.807, 2.05) is 20.8 Å². The highest BCUT2D eigenvalue weighted by Gasteiger charge is 2.29. The topological polar surface area (TPSA) is 73.6 Å². The van der Waals surface area contributed by atoms with Gasteiger partial charge in [0.25, 0.3) is 5.91 Å². The van der Waals surface area contributed by atoms with Crippen molar-refractivity contribution in [3.05, 3.63) is 23.8 Å². The molecule has 0 aliphatic carbocycles. The molecule has 1 atom stereocenters. The van der Waals surface area contributed by atoms with Gasteiger partial charge in [-0.3, -0.25) is 4.79 Å². The molecule has 1 aromatic rings. The first-order chi connectivity index (χ1) is 9.37. The summed E-state index contributed by atoms with van der Waals surface area (Å²) in [7, 11) is 3.09. The predicted molar refractivity (Wildman–Crippen MR) is 86.6 cm³/mol. The van der Waals surface area contributed by atoms with Gasteiger partial charge in [0.2, 0.25) is 0 Å². The maximum Gasteiger partial charge on any atom is 0.255 e. The van der Waals surface area contributed by atoms with Gasteiger partial charge in [0.1, 0.15) is 11.5 Å². The summed E-state index contributed by atoms with van der Waals surface area (Å²) in [6, 6.07) is 5.10.